The molecule has 9 nitrogen and oxygen atoms in total. The first kappa shape index (κ1) is 32.2. The zero-order valence-electron chi connectivity index (χ0n) is 25.0. The third-order valence-corrected chi connectivity index (χ3v) is 8.76. The molecule has 0 radical (unpaired) electrons. The molecular weight excluding hydrogens is 546 g/mol. The van der Waals surface area contributed by atoms with Gasteiger partial charge < -0.3 is 30.8 Å². The molecule has 1 aliphatic carbocycles. The van der Waals surface area contributed by atoms with E-state index in [0.29, 0.717) is 35.7 Å². The molecule has 0 spiro atoms. The van der Waals surface area contributed by atoms with Crippen molar-refractivity contribution in [3.05, 3.63) is 71.2 Å². The van der Waals surface area contributed by atoms with Crippen LogP contribution in [0.2, 0.25) is 0 Å². The number of aromatic hydroxyl groups is 1. The number of aromatic amines is 1. The second kappa shape index (κ2) is 15.7. The Bertz CT molecular complexity index is 1340. The van der Waals surface area contributed by atoms with Crippen molar-refractivity contribution in [1.29, 1.82) is 0 Å². The first-order valence-corrected chi connectivity index (χ1v) is 15.4. The lowest BCUT2D eigenvalue weighted by Gasteiger charge is -2.28. The van der Waals surface area contributed by atoms with Crippen molar-refractivity contribution in [2.24, 2.45) is 11.8 Å². The van der Waals surface area contributed by atoms with Crippen LogP contribution in [0.15, 0.2) is 48.8 Å². The highest BCUT2D eigenvalue weighted by molar-refractivity contribution is 6.05. The molecule has 3 aromatic rings. The van der Waals surface area contributed by atoms with Gasteiger partial charge in [-0.05, 0) is 72.6 Å². The SMILES string of the molecule is COc1cc(CCC(=O)C(O)C(=O)CCCC2CCCCC2)cc(C(c2ccnc(N)c2)C(CO)Cc2ccc[nH]2)c1O. The van der Waals surface area contributed by atoms with Crippen molar-refractivity contribution >= 4 is 17.4 Å². The number of nitrogens with two attached hydrogens (primary N) is 1. The molecule has 9 heteroatoms. The summed E-state index contributed by atoms with van der Waals surface area (Å²) in [5, 5.41) is 32.3. The van der Waals surface area contributed by atoms with E-state index in [1.807, 2.05) is 18.3 Å². The number of aryl methyl sites for hydroxylation is 1. The van der Waals surface area contributed by atoms with Crippen molar-refractivity contribution in [3.8, 4) is 11.5 Å². The number of aliphatic hydroxyl groups excluding tert-OH is 2. The molecule has 43 heavy (non-hydrogen) atoms. The van der Waals surface area contributed by atoms with Crippen molar-refractivity contribution in [3.63, 3.8) is 0 Å². The summed E-state index contributed by atoms with van der Waals surface area (Å²) in [6, 6.07) is 10.8. The van der Waals surface area contributed by atoms with Gasteiger partial charge in [-0.15, -0.1) is 0 Å². The molecule has 3 unspecified atom stereocenters. The number of ketones is 2. The number of carbonyl (C=O) groups is 2. The van der Waals surface area contributed by atoms with Crippen LogP contribution in [0.1, 0.15) is 86.1 Å². The average molecular weight is 592 g/mol. The summed E-state index contributed by atoms with van der Waals surface area (Å²) in [4.78, 5) is 32.7. The van der Waals surface area contributed by atoms with Crippen LogP contribution in [0.4, 0.5) is 5.82 Å². The van der Waals surface area contributed by atoms with Crippen LogP contribution in [-0.4, -0.2) is 56.7 Å². The Morgan fingerprint density at radius 1 is 1.12 bits per heavy atom. The quantitative estimate of drug-likeness (QED) is 0.148. The number of nitrogens with one attached hydrogen (secondary N) is 1. The number of methoxy groups -OCH3 is 1. The number of rotatable bonds is 16. The first-order valence-electron chi connectivity index (χ1n) is 15.4. The molecule has 2 heterocycles. The van der Waals surface area contributed by atoms with E-state index in [2.05, 4.69) is 9.97 Å². The van der Waals surface area contributed by atoms with Crippen LogP contribution >= 0.6 is 0 Å². The Hall–Kier alpha value is -3.69. The molecular formula is C34H45N3O6. The molecule has 6 N–H and O–H groups in total. The molecule has 1 aromatic carbocycles. The number of nitrogens with zero attached hydrogens (tertiary/aromatic N) is 1. The standard InChI is InChI=1S/C34H45N3O6/c1-43-30-18-23(12-13-29(40)34(42)28(39)11-5-9-22-7-3-2-4-8-22)17-27(33(30)41)32(24-14-16-37-31(35)20-24)25(21-38)19-26-10-6-15-36-26/h6,10,14-18,20,22,25,32,34,36,38,41-42H,2-5,7-9,11-13,19,21H2,1H3,(H2,35,37). The van der Waals surface area contributed by atoms with E-state index in [4.69, 9.17) is 10.5 Å². The molecule has 1 fully saturated rings. The number of hydrogen-bond donors (Lipinski definition) is 5. The van der Waals surface area contributed by atoms with Crippen LogP contribution in [0.25, 0.3) is 0 Å². The third-order valence-electron chi connectivity index (χ3n) is 8.76. The number of carbonyl (C=O) groups excluding carboxylic acids is 2. The lowest BCUT2D eigenvalue weighted by atomic mass is 9.78. The van der Waals surface area contributed by atoms with Crippen LogP contribution in [0.5, 0.6) is 11.5 Å². The van der Waals surface area contributed by atoms with Gasteiger partial charge in [-0.2, -0.15) is 0 Å². The van der Waals surface area contributed by atoms with Gasteiger partial charge in [0.25, 0.3) is 0 Å². The average Bonchev–Trinajstić information content (AvgIpc) is 3.54. The number of Topliss-reactive ketones (excluding diaryl/α,β-unsaturated/α-hetero) is 2. The Morgan fingerprint density at radius 2 is 1.88 bits per heavy atom. The van der Waals surface area contributed by atoms with Gasteiger partial charge in [0, 0.05) is 49.0 Å². The number of H-pyrrole nitrogens is 1. The Labute approximate surface area is 253 Å². The minimum absolute atomic E-state index is 0.0400. The lowest BCUT2D eigenvalue weighted by Crippen LogP contribution is -2.30. The number of anilines is 1. The normalized spacial score (nSPS) is 16.0. The van der Waals surface area contributed by atoms with E-state index < -0.39 is 23.6 Å². The highest BCUT2D eigenvalue weighted by atomic mass is 16.5. The summed E-state index contributed by atoms with van der Waals surface area (Å²) in [6.07, 6.45) is 10.5. The zero-order chi connectivity index (χ0) is 30.8. The van der Waals surface area contributed by atoms with E-state index in [0.717, 1.165) is 17.7 Å². The van der Waals surface area contributed by atoms with Crippen molar-refractivity contribution in [2.45, 2.75) is 82.7 Å². The predicted octanol–water partition coefficient (Wildman–Crippen LogP) is 4.87. The fraction of sp³-hybridized carbons (Fsp3) is 0.500. The number of nitrogen functional groups attached to an aromatic ring is 1. The molecule has 1 aliphatic rings. The smallest absolute Gasteiger partial charge is 0.170 e. The maximum absolute atomic E-state index is 12.8. The predicted molar refractivity (Wildman–Crippen MR) is 165 cm³/mol. The second-order valence-electron chi connectivity index (χ2n) is 11.8. The van der Waals surface area contributed by atoms with Gasteiger partial charge in [0.2, 0.25) is 0 Å². The van der Waals surface area contributed by atoms with Gasteiger partial charge in [0.1, 0.15) is 5.82 Å². The highest BCUT2D eigenvalue weighted by Gasteiger charge is 2.30. The monoisotopic (exact) mass is 591 g/mol. The van der Waals surface area contributed by atoms with E-state index in [9.17, 15) is 24.9 Å². The van der Waals surface area contributed by atoms with E-state index in [1.165, 1.54) is 39.2 Å². The molecule has 0 bridgehead atoms. The third kappa shape index (κ3) is 8.67. The van der Waals surface area contributed by atoms with Crippen molar-refractivity contribution < 1.29 is 29.6 Å². The number of aliphatic hydroxyl groups is 2. The molecule has 0 saturated heterocycles. The summed E-state index contributed by atoms with van der Waals surface area (Å²) in [5.74, 6) is -0.664. The van der Waals surface area contributed by atoms with Crippen LogP contribution in [0.3, 0.4) is 0 Å². The van der Waals surface area contributed by atoms with E-state index in [-0.39, 0.29) is 43.3 Å². The molecule has 1 saturated carbocycles. The van der Waals surface area contributed by atoms with Gasteiger partial charge in [0.05, 0.1) is 7.11 Å². The van der Waals surface area contributed by atoms with E-state index in [1.54, 1.807) is 30.5 Å². The lowest BCUT2D eigenvalue weighted by molar-refractivity contribution is -0.138. The minimum atomic E-state index is -1.63. The minimum Gasteiger partial charge on any atom is -0.504 e. The largest absolute Gasteiger partial charge is 0.504 e. The fourth-order valence-corrected chi connectivity index (χ4v) is 6.42. The number of hydrogen-bond acceptors (Lipinski definition) is 8. The molecule has 4 rings (SSSR count). The number of aromatic nitrogens is 2. The van der Waals surface area contributed by atoms with Gasteiger partial charge in [0.15, 0.2) is 29.2 Å². The van der Waals surface area contributed by atoms with E-state index >= 15 is 0 Å². The second-order valence-corrected chi connectivity index (χ2v) is 11.8. The maximum Gasteiger partial charge on any atom is 0.170 e. The fourth-order valence-electron chi connectivity index (χ4n) is 6.42. The number of phenolic OH excluding ortho intramolecular Hbond substituents is 1. The summed E-state index contributed by atoms with van der Waals surface area (Å²) in [5.41, 5.74) is 8.92. The molecule has 2 aromatic heterocycles. The molecule has 0 amide bonds. The Kier molecular flexibility index (Phi) is 11.8. The maximum atomic E-state index is 12.8. The number of pyridine rings is 1. The summed E-state index contributed by atoms with van der Waals surface area (Å²) in [6.45, 7) is -0.175. The van der Waals surface area contributed by atoms with Crippen molar-refractivity contribution in [1.82, 2.24) is 9.97 Å². The van der Waals surface area contributed by atoms with Crippen molar-refractivity contribution in [2.75, 3.05) is 19.5 Å². The van der Waals surface area contributed by atoms with Gasteiger partial charge >= 0.3 is 0 Å². The van der Waals surface area contributed by atoms with Crippen LogP contribution in [-0.2, 0) is 22.4 Å². The van der Waals surface area contributed by atoms with Gasteiger partial charge in [-0.25, -0.2) is 4.98 Å². The van der Waals surface area contributed by atoms with Crippen LogP contribution in [0, 0.1) is 11.8 Å². The number of ether oxygens (including phenoxy) is 1. The van der Waals surface area contributed by atoms with Crippen LogP contribution < -0.4 is 10.5 Å². The Balaban J connectivity index is 1.51. The number of benzene rings is 1. The zero-order valence-corrected chi connectivity index (χ0v) is 25.0. The first-order chi connectivity index (χ1) is 20.8. The number of phenols is 1. The molecule has 232 valence electrons. The van der Waals surface area contributed by atoms with Gasteiger partial charge in [-0.3, -0.25) is 9.59 Å². The van der Waals surface area contributed by atoms with Gasteiger partial charge in [-0.1, -0.05) is 44.6 Å². The summed E-state index contributed by atoms with van der Waals surface area (Å²) < 4.78 is 5.50. The molecule has 3 atom stereocenters. The topological polar surface area (TPSA) is 159 Å². The Morgan fingerprint density at radius 3 is 2.56 bits per heavy atom. The highest BCUT2D eigenvalue weighted by Crippen LogP contribution is 2.43. The molecule has 0 aliphatic heterocycles. The summed E-state index contributed by atoms with van der Waals surface area (Å²) >= 11 is 0. The summed E-state index contributed by atoms with van der Waals surface area (Å²) in [7, 11) is 1.45.